The summed E-state index contributed by atoms with van der Waals surface area (Å²) in [7, 11) is -3.47. The van der Waals surface area contributed by atoms with Crippen LogP contribution in [0, 0.1) is 6.92 Å². The number of aromatic nitrogens is 2. The predicted octanol–water partition coefficient (Wildman–Crippen LogP) is 1.43. The fraction of sp³-hybridized carbons (Fsp3) is 0.100. The van der Waals surface area contributed by atoms with Gasteiger partial charge in [0.2, 0.25) is 0 Å². The van der Waals surface area contributed by atoms with E-state index in [0.29, 0.717) is 5.69 Å². The summed E-state index contributed by atoms with van der Waals surface area (Å²) in [6, 6.07) is 6.57. The summed E-state index contributed by atoms with van der Waals surface area (Å²) in [5.74, 6) is 0. The number of rotatable bonds is 2. The molecule has 0 aliphatic rings. The summed E-state index contributed by atoms with van der Waals surface area (Å²) >= 11 is 0. The molecular weight excluding hydrogens is 212 g/mol. The number of pyridine rings is 1. The lowest BCUT2D eigenvalue weighted by molar-refractivity contribution is 0.586. The molecule has 0 saturated carbocycles. The molecule has 0 radical (unpaired) electrons. The van der Waals surface area contributed by atoms with E-state index in [2.05, 4.69) is 4.98 Å². The highest BCUT2D eigenvalue weighted by Gasteiger charge is 2.17. The first-order valence-corrected chi connectivity index (χ1v) is 5.86. The van der Waals surface area contributed by atoms with Crippen LogP contribution in [0.2, 0.25) is 0 Å². The van der Waals surface area contributed by atoms with Gasteiger partial charge in [0.25, 0.3) is 10.0 Å². The van der Waals surface area contributed by atoms with Crippen molar-refractivity contribution < 1.29 is 8.42 Å². The molecule has 15 heavy (non-hydrogen) atoms. The summed E-state index contributed by atoms with van der Waals surface area (Å²) in [6.07, 6.45) is 4.41. The van der Waals surface area contributed by atoms with Crippen molar-refractivity contribution in [1.29, 1.82) is 0 Å². The zero-order valence-corrected chi connectivity index (χ0v) is 8.98. The van der Waals surface area contributed by atoms with Gasteiger partial charge in [0.1, 0.15) is 4.90 Å². The van der Waals surface area contributed by atoms with Crippen LogP contribution in [0.4, 0.5) is 0 Å². The Kier molecular flexibility index (Phi) is 2.32. The summed E-state index contributed by atoms with van der Waals surface area (Å²) in [5.41, 5.74) is 0.679. The molecule has 0 saturated heterocycles. The van der Waals surface area contributed by atoms with Gasteiger partial charge in [-0.2, -0.15) is 0 Å². The van der Waals surface area contributed by atoms with Crippen LogP contribution in [0.3, 0.4) is 0 Å². The van der Waals surface area contributed by atoms with Crippen molar-refractivity contribution in [2.24, 2.45) is 0 Å². The highest BCUT2D eigenvalue weighted by molar-refractivity contribution is 7.90. The highest BCUT2D eigenvalue weighted by Crippen LogP contribution is 2.14. The minimum atomic E-state index is -3.47. The molecule has 0 spiro atoms. The van der Waals surface area contributed by atoms with Crippen LogP contribution in [0.1, 0.15) is 5.69 Å². The molecule has 78 valence electrons. The molecule has 5 heteroatoms. The second-order valence-corrected chi connectivity index (χ2v) is 4.95. The Hall–Kier alpha value is -1.62. The Balaban J connectivity index is 2.60. The third-order valence-electron chi connectivity index (χ3n) is 2.10. The maximum absolute atomic E-state index is 12.0. The Morgan fingerprint density at radius 3 is 2.60 bits per heavy atom. The third-order valence-corrected chi connectivity index (χ3v) is 3.86. The average Bonchev–Trinajstić information content (AvgIpc) is 2.66. The van der Waals surface area contributed by atoms with Gasteiger partial charge in [-0.1, -0.05) is 0 Å². The first kappa shape index (κ1) is 9.92. The van der Waals surface area contributed by atoms with Crippen LogP contribution in [0.5, 0.6) is 0 Å². The Morgan fingerprint density at radius 2 is 2.07 bits per heavy atom. The summed E-state index contributed by atoms with van der Waals surface area (Å²) < 4.78 is 25.3. The third kappa shape index (κ3) is 1.66. The van der Waals surface area contributed by atoms with Gasteiger partial charge >= 0.3 is 0 Å². The van der Waals surface area contributed by atoms with Crippen molar-refractivity contribution in [3.63, 3.8) is 0 Å². The van der Waals surface area contributed by atoms with E-state index in [1.807, 2.05) is 0 Å². The Morgan fingerprint density at radius 1 is 1.27 bits per heavy atom. The molecule has 0 bridgehead atoms. The smallest absolute Gasteiger partial charge is 0.263 e. The van der Waals surface area contributed by atoms with Crippen LogP contribution in [-0.4, -0.2) is 17.4 Å². The second-order valence-electron chi connectivity index (χ2n) is 3.14. The average molecular weight is 222 g/mol. The van der Waals surface area contributed by atoms with Crippen molar-refractivity contribution in [2.45, 2.75) is 11.8 Å². The van der Waals surface area contributed by atoms with Crippen LogP contribution in [0.15, 0.2) is 47.8 Å². The molecule has 0 aromatic carbocycles. The summed E-state index contributed by atoms with van der Waals surface area (Å²) in [4.78, 5) is 4.00. The molecule has 2 aromatic rings. The minimum Gasteiger partial charge on any atom is -0.263 e. The molecule has 0 N–H and O–H groups in total. The van der Waals surface area contributed by atoms with Crippen LogP contribution >= 0.6 is 0 Å². The van der Waals surface area contributed by atoms with Gasteiger partial charge in [0.15, 0.2) is 0 Å². The molecule has 0 atom stereocenters. The first-order chi connectivity index (χ1) is 7.12. The standard InChI is InChI=1S/C10H10N2O2S/c1-9-4-3-7-12(9)15(13,14)10-5-2-6-11-8-10/h2-8H,1H3. The van der Waals surface area contributed by atoms with Gasteiger partial charge in [0, 0.05) is 24.3 Å². The number of hydrogen-bond donors (Lipinski definition) is 0. The van der Waals surface area contributed by atoms with Crippen molar-refractivity contribution in [1.82, 2.24) is 8.96 Å². The molecule has 0 aliphatic heterocycles. The van der Waals surface area contributed by atoms with Gasteiger partial charge in [-0.05, 0) is 31.2 Å². The molecule has 0 aliphatic carbocycles. The minimum absolute atomic E-state index is 0.198. The fourth-order valence-corrected chi connectivity index (χ4v) is 2.68. The molecule has 0 unspecified atom stereocenters. The number of aryl methyl sites for hydroxylation is 1. The normalized spacial score (nSPS) is 11.5. The van der Waals surface area contributed by atoms with Gasteiger partial charge < -0.3 is 0 Å². The maximum Gasteiger partial charge on any atom is 0.269 e. The quantitative estimate of drug-likeness (QED) is 0.772. The fourth-order valence-electron chi connectivity index (χ4n) is 1.33. The van der Waals surface area contributed by atoms with E-state index in [1.54, 1.807) is 31.3 Å². The van der Waals surface area contributed by atoms with Gasteiger partial charge in [-0.3, -0.25) is 4.98 Å². The van der Waals surface area contributed by atoms with Crippen LogP contribution < -0.4 is 0 Å². The van der Waals surface area contributed by atoms with Gasteiger partial charge in [-0.15, -0.1) is 0 Å². The topological polar surface area (TPSA) is 52.0 Å². The molecular formula is C10H10N2O2S. The Bertz CT molecular complexity index is 558. The van der Waals surface area contributed by atoms with Crippen molar-refractivity contribution in [2.75, 3.05) is 0 Å². The van der Waals surface area contributed by atoms with Crippen LogP contribution in [0.25, 0.3) is 0 Å². The van der Waals surface area contributed by atoms with Gasteiger partial charge in [-0.25, -0.2) is 12.4 Å². The molecule has 4 nitrogen and oxygen atoms in total. The molecule has 0 amide bonds. The van der Waals surface area contributed by atoms with Crippen molar-refractivity contribution in [3.8, 4) is 0 Å². The van der Waals surface area contributed by atoms with Crippen LogP contribution in [-0.2, 0) is 10.0 Å². The molecule has 0 fully saturated rings. The number of nitrogens with zero attached hydrogens (tertiary/aromatic N) is 2. The summed E-state index contributed by atoms with van der Waals surface area (Å²) in [5, 5.41) is 0. The van der Waals surface area contributed by atoms with E-state index >= 15 is 0 Å². The SMILES string of the molecule is Cc1cccn1S(=O)(=O)c1cccnc1. The molecule has 2 rings (SSSR count). The zero-order valence-electron chi connectivity index (χ0n) is 8.16. The zero-order chi connectivity index (χ0) is 10.9. The van der Waals surface area contributed by atoms with Crippen molar-refractivity contribution in [3.05, 3.63) is 48.5 Å². The molecule has 2 aromatic heterocycles. The Labute approximate surface area is 88.3 Å². The van der Waals surface area contributed by atoms with Crippen molar-refractivity contribution >= 4 is 10.0 Å². The van der Waals surface area contributed by atoms with E-state index < -0.39 is 10.0 Å². The highest BCUT2D eigenvalue weighted by atomic mass is 32.2. The first-order valence-electron chi connectivity index (χ1n) is 4.42. The van der Waals surface area contributed by atoms with E-state index in [0.717, 1.165) is 0 Å². The van der Waals surface area contributed by atoms with E-state index in [1.165, 1.54) is 22.4 Å². The monoisotopic (exact) mass is 222 g/mol. The predicted molar refractivity (Wildman–Crippen MR) is 56.0 cm³/mol. The lowest BCUT2D eigenvalue weighted by atomic mass is 10.5. The largest absolute Gasteiger partial charge is 0.269 e. The van der Waals surface area contributed by atoms with E-state index in [-0.39, 0.29) is 4.90 Å². The second kappa shape index (κ2) is 3.51. The number of hydrogen-bond acceptors (Lipinski definition) is 3. The van der Waals surface area contributed by atoms with Gasteiger partial charge in [0.05, 0.1) is 0 Å². The lowest BCUT2D eigenvalue weighted by Crippen LogP contribution is -2.13. The maximum atomic E-state index is 12.0. The summed E-state index contributed by atoms with van der Waals surface area (Å²) in [6.45, 7) is 1.74. The lowest BCUT2D eigenvalue weighted by Gasteiger charge is -2.06. The molecule has 2 heterocycles. The van der Waals surface area contributed by atoms with E-state index in [4.69, 9.17) is 0 Å². The van der Waals surface area contributed by atoms with E-state index in [9.17, 15) is 8.42 Å².